The lowest BCUT2D eigenvalue weighted by Crippen LogP contribution is -2.11. The lowest BCUT2D eigenvalue weighted by molar-refractivity contribution is 0.103. The predicted octanol–water partition coefficient (Wildman–Crippen LogP) is 6.06. The first-order valence-corrected chi connectivity index (χ1v) is 11.0. The van der Waals surface area contributed by atoms with E-state index in [4.69, 9.17) is 0 Å². The zero-order valence-electron chi connectivity index (χ0n) is 15.8. The van der Waals surface area contributed by atoms with Crippen molar-refractivity contribution in [3.05, 3.63) is 94.6 Å². The third-order valence-electron chi connectivity index (χ3n) is 4.23. The number of anilines is 1. The summed E-state index contributed by atoms with van der Waals surface area (Å²) in [5.41, 5.74) is 3.63. The summed E-state index contributed by atoms with van der Waals surface area (Å²) in [5, 5.41) is 3.87. The lowest BCUT2D eigenvalue weighted by Gasteiger charge is -2.07. The molecule has 0 unspecified atom stereocenters. The summed E-state index contributed by atoms with van der Waals surface area (Å²) in [6, 6.07) is 21.7. The van der Waals surface area contributed by atoms with Crippen LogP contribution >= 0.6 is 23.1 Å². The van der Waals surface area contributed by atoms with Crippen LogP contribution in [0.25, 0.3) is 11.3 Å². The molecule has 0 radical (unpaired) electrons. The molecule has 2 aromatic heterocycles. The van der Waals surface area contributed by atoms with Gasteiger partial charge in [0.15, 0.2) is 0 Å². The molecule has 2 aromatic carbocycles. The zero-order valence-corrected chi connectivity index (χ0v) is 17.5. The number of thiazole rings is 1. The van der Waals surface area contributed by atoms with E-state index in [0.29, 0.717) is 4.88 Å². The minimum Gasteiger partial charge on any atom is -0.321 e. The highest BCUT2D eigenvalue weighted by Crippen LogP contribution is 2.29. The minimum atomic E-state index is -0.134. The molecule has 0 aliphatic carbocycles. The molecule has 6 heteroatoms. The summed E-state index contributed by atoms with van der Waals surface area (Å²) in [6.45, 7) is 1.92. The maximum atomic E-state index is 12.9. The SMILES string of the molecule is Cc1nc(-c2ccccc2)c(C(=O)Nc2ccc(SCc3cccnc3)cc2)s1. The van der Waals surface area contributed by atoms with Crippen molar-refractivity contribution in [2.45, 2.75) is 17.6 Å². The van der Waals surface area contributed by atoms with Gasteiger partial charge < -0.3 is 5.32 Å². The van der Waals surface area contributed by atoms with Gasteiger partial charge in [0.2, 0.25) is 0 Å². The topological polar surface area (TPSA) is 54.9 Å². The smallest absolute Gasteiger partial charge is 0.268 e. The second-order valence-electron chi connectivity index (χ2n) is 6.41. The number of aryl methyl sites for hydroxylation is 1. The Kier molecular flexibility index (Phi) is 6.03. The number of nitrogens with one attached hydrogen (secondary N) is 1. The molecule has 0 atom stereocenters. The van der Waals surface area contributed by atoms with Crippen LogP contribution in [0.5, 0.6) is 0 Å². The van der Waals surface area contributed by atoms with Crippen LogP contribution in [0.2, 0.25) is 0 Å². The van der Waals surface area contributed by atoms with Gasteiger partial charge in [0.1, 0.15) is 4.88 Å². The molecule has 0 fully saturated rings. The molecule has 0 saturated heterocycles. The van der Waals surface area contributed by atoms with Crippen molar-refractivity contribution in [3.8, 4) is 11.3 Å². The summed E-state index contributed by atoms with van der Waals surface area (Å²) >= 11 is 3.15. The number of rotatable bonds is 6. The Hall–Kier alpha value is -2.96. The number of hydrogen-bond donors (Lipinski definition) is 1. The van der Waals surface area contributed by atoms with Crippen LogP contribution in [0.15, 0.2) is 84.0 Å². The third kappa shape index (κ3) is 4.91. The van der Waals surface area contributed by atoms with Gasteiger partial charge in [0.05, 0.1) is 10.7 Å². The molecule has 144 valence electrons. The molecular weight excluding hydrogens is 398 g/mol. The molecule has 0 saturated carbocycles. The van der Waals surface area contributed by atoms with Gasteiger partial charge >= 0.3 is 0 Å². The van der Waals surface area contributed by atoms with Gasteiger partial charge in [-0.1, -0.05) is 36.4 Å². The summed E-state index contributed by atoms with van der Waals surface area (Å²) in [6.07, 6.45) is 3.66. The van der Waals surface area contributed by atoms with Gasteiger partial charge in [-0.15, -0.1) is 23.1 Å². The molecule has 0 aliphatic heterocycles. The van der Waals surface area contributed by atoms with Crippen LogP contribution in [0.1, 0.15) is 20.2 Å². The van der Waals surface area contributed by atoms with E-state index in [1.165, 1.54) is 16.9 Å². The highest BCUT2D eigenvalue weighted by Gasteiger charge is 2.18. The van der Waals surface area contributed by atoms with Crippen molar-refractivity contribution < 1.29 is 4.79 Å². The van der Waals surface area contributed by atoms with E-state index in [2.05, 4.69) is 21.4 Å². The molecule has 4 rings (SSSR count). The number of carbonyl (C=O) groups excluding carboxylic acids is 1. The fourth-order valence-electron chi connectivity index (χ4n) is 2.85. The molecule has 0 spiro atoms. The average Bonchev–Trinajstić information content (AvgIpc) is 3.16. The van der Waals surface area contributed by atoms with Crippen LogP contribution in [0.3, 0.4) is 0 Å². The van der Waals surface area contributed by atoms with E-state index in [1.807, 2.05) is 73.8 Å². The van der Waals surface area contributed by atoms with Gasteiger partial charge in [0, 0.05) is 34.3 Å². The Morgan fingerprint density at radius 2 is 1.83 bits per heavy atom. The quantitative estimate of drug-likeness (QED) is 0.388. The Morgan fingerprint density at radius 1 is 1.03 bits per heavy atom. The summed E-state index contributed by atoms with van der Waals surface area (Å²) in [5.74, 6) is 0.727. The van der Waals surface area contributed by atoms with E-state index in [9.17, 15) is 4.79 Å². The molecular formula is C23H19N3OS2. The summed E-state index contributed by atoms with van der Waals surface area (Å²) < 4.78 is 0. The van der Waals surface area contributed by atoms with Crippen LogP contribution in [-0.2, 0) is 5.75 Å². The van der Waals surface area contributed by atoms with Gasteiger partial charge in [-0.05, 0) is 42.8 Å². The Bertz CT molecular complexity index is 1090. The van der Waals surface area contributed by atoms with Crippen molar-refractivity contribution in [1.29, 1.82) is 0 Å². The molecule has 4 aromatic rings. The van der Waals surface area contributed by atoms with E-state index in [0.717, 1.165) is 32.6 Å². The Balaban J connectivity index is 1.44. The third-order valence-corrected chi connectivity index (χ3v) is 6.28. The number of aromatic nitrogens is 2. The predicted molar refractivity (Wildman–Crippen MR) is 120 cm³/mol. The second kappa shape index (κ2) is 9.03. The van der Waals surface area contributed by atoms with Crippen LogP contribution < -0.4 is 5.32 Å². The molecule has 1 amide bonds. The minimum absolute atomic E-state index is 0.134. The number of carbonyl (C=O) groups is 1. The second-order valence-corrected chi connectivity index (χ2v) is 8.66. The molecule has 4 nitrogen and oxygen atoms in total. The highest BCUT2D eigenvalue weighted by atomic mass is 32.2. The lowest BCUT2D eigenvalue weighted by atomic mass is 10.1. The first-order chi connectivity index (χ1) is 14.2. The van der Waals surface area contributed by atoms with E-state index < -0.39 is 0 Å². The zero-order chi connectivity index (χ0) is 20.1. The van der Waals surface area contributed by atoms with Crippen molar-refractivity contribution in [2.75, 3.05) is 5.32 Å². The van der Waals surface area contributed by atoms with E-state index >= 15 is 0 Å². The molecule has 1 N–H and O–H groups in total. The summed E-state index contributed by atoms with van der Waals surface area (Å²) in [4.78, 5) is 23.3. The summed E-state index contributed by atoms with van der Waals surface area (Å²) in [7, 11) is 0. The normalized spacial score (nSPS) is 10.7. The maximum absolute atomic E-state index is 12.9. The number of thioether (sulfide) groups is 1. The average molecular weight is 418 g/mol. The molecule has 0 bridgehead atoms. The monoisotopic (exact) mass is 417 g/mol. The number of pyridine rings is 1. The van der Waals surface area contributed by atoms with Crippen molar-refractivity contribution in [3.63, 3.8) is 0 Å². The number of benzene rings is 2. The van der Waals surface area contributed by atoms with Gasteiger partial charge in [0.25, 0.3) is 5.91 Å². The van der Waals surface area contributed by atoms with E-state index in [1.54, 1.807) is 18.0 Å². The number of hydrogen-bond acceptors (Lipinski definition) is 5. The Morgan fingerprint density at radius 3 is 2.55 bits per heavy atom. The van der Waals surface area contributed by atoms with Gasteiger partial charge in [-0.25, -0.2) is 4.98 Å². The fourth-order valence-corrected chi connectivity index (χ4v) is 4.51. The maximum Gasteiger partial charge on any atom is 0.268 e. The van der Waals surface area contributed by atoms with Gasteiger partial charge in [-0.2, -0.15) is 0 Å². The first kappa shape index (κ1) is 19.4. The largest absolute Gasteiger partial charge is 0.321 e. The molecule has 0 aliphatic rings. The van der Waals surface area contributed by atoms with E-state index in [-0.39, 0.29) is 5.91 Å². The van der Waals surface area contributed by atoms with Crippen LogP contribution in [0.4, 0.5) is 5.69 Å². The van der Waals surface area contributed by atoms with Crippen LogP contribution in [0, 0.1) is 6.92 Å². The fraction of sp³-hybridized carbons (Fsp3) is 0.0870. The van der Waals surface area contributed by atoms with Crippen molar-refractivity contribution in [2.24, 2.45) is 0 Å². The van der Waals surface area contributed by atoms with Crippen molar-refractivity contribution >= 4 is 34.7 Å². The molecule has 2 heterocycles. The van der Waals surface area contributed by atoms with Crippen LogP contribution in [-0.4, -0.2) is 15.9 Å². The highest BCUT2D eigenvalue weighted by molar-refractivity contribution is 7.98. The number of amides is 1. The Labute approximate surface area is 178 Å². The molecule has 29 heavy (non-hydrogen) atoms. The van der Waals surface area contributed by atoms with Crippen molar-refractivity contribution in [1.82, 2.24) is 9.97 Å². The standard InChI is InChI=1S/C23H19N3OS2/c1-16-25-21(18-7-3-2-4-8-18)22(29-16)23(27)26-19-9-11-20(12-10-19)28-15-17-6-5-13-24-14-17/h2-14H,15H2,1H3,(H,26,27). The first-order valence-electron chi connectivity index (χ1n) is 9.15. The number of nitrogens with zero attached hydrogens (tertiary/aromatic N) is 2. The van der Waals surface area contributed by atoms with Gasteiger partial charge in [-0.3, -0.25) is 9.78 Å².